The van der Waals surface area contributed by atoms with E-state index in [4.69, 9.17) is 9.15 Å². The van der Waals surface area contributed by atoms with E-state index < -0.39 is 5.97 Å². The molecule has 1 aromatic carbocycles. The van der Waals surface area contributed by atoms with E-state index in [9.17, 15) is 9.59 Å². The lowest BCUT2D eigenvalue weighted by Crippen LogP contribution is -2.12. The smallest absolute Gasteiger partial charge is 0.341 e. The first-order valence-electron chi connectivity index (χ1n) is 8.05. The Morgan fingerprint density at radius 3 is 2.69 bits per heavy atom. The highest BCUT2D eigenvalue weighted by Gasteiger charge is 2.22. The van der Waals surface area contributed by atoms with Crippen LogP contribution in [0.25, 0.3) is 17.2 Å². The lowest BCUT2D eigenvalue weighted by Gasteiger charge is -2.07. The molecule has 6 heteroatoms. The molecular formula is C20H17NO4S. The number of thiophene rings is 1. The van der Waals surface area contributed by atoms with Crippen molar-refractivity contribution in [3.8, 4) is 11.1 Å². The summed E-state index contributed by atoms with van der Waals surface area (Å²) in [6.07, 6.45) is 4.45. The number of nitrogens with one attached hydrogen (secondary N) is 1. The van der Waals surface area contributed by atoms with Crippen molar-refractivity contribution in [3.05, 3.63) is 71.5 Å². The Balaban J connectivity index is 1.88. The average Bonchev–Trinajstić information content (AvgIpc) is 3.31. The van der Waals surface area contributed by atoms with Gasteiger partial charge < -0.3 is 14.5 Å². The van der Waals surface area contributed by atoms with Crippen LogP contribution in [-0.2, 0) is 9.53 Å². The quantitative estimate of drug-likeness (QED) is 0.500. The molecule has 0 aliphatic heterocycles. The first-order chi connectivity index (χ1) is 12.7. The van der Waals surface area contributed by atoms with Gasteiger partial charge in [-0.3, -0.25) is 4.79 Å². The number of amides is 1. The summed E-state index contributed by atoms with van der Waals surface area (Å²) in [7, 11) is 0. The molecule has 132 valence electrons. The summed E-state index contributed by atoms with van der Waals surface area (Å²) in [6, 6.07) is 13.0. The number of ether oxygens (including phenoxy) is 1. The van der Waals surface area contributed by atoms with Crippen LogP contribution in [0.15, 0.2) is 64.6 Å². The maximum Gasteiger partial charge on any atom is 0.341 e. The Bertz CT molecular complexity index is 911. The van der Waals surface area contributed by atoms with Crippen LogP contribution >= 0.6 is 11.3 Å². The van der Waals surface area contributed by atoms with E-state index in [0.717, 1.165) is 11.1 Å². The molecule has 3 rings (SSSR count). The fourth-order valence-corrected chi connectivity index (χ4v) is 3.34. The van der Waals surface area contributed by atoms with Gasteiger partial charge in [-0.1, -0.05) is 30.3 Å². The summed E-state index contributed by atoms with van der Waals surface area (Å²) in [5, 5.41) is 5.05. The first kappa shape index (κ1) is 17.7. The minimum Gasteiger partial charge on any atom is -0.465 e. The maximum atomic E-state index is 12.4. The zero-order valence-electron chi connectivity index (χ0n) is 14.1. The topological polar surface area (TPSA) is 68.5 Å². The van der Waals surface area contributed by atoms with E-state index in [1.54, 1.807) is 25.1 Å². The van der Waals surface area contributed by atoms with E-state index >= 15 is 0 Å². The molecule has 1 amide bonds. The molecule has 0 spiro atoms. The van der Waals surface area contributed by atoms with Crippen molar-refractivity contribution < 1.29 is 18.7 Å². The van der Waals surface area contributed by atoms with Gasteiger partial charge in [-0.2, -0.15) is 0 Å². The van der Waals surface area contributed by atoms with Gasteiger partial charge in [0.2, 0.25) is 5.91 Å². The first-order valence-corrected chi connectivity index (χ1v) is 8.93. The molecule has 0 radical (unpaired) electrons. The molecule has 0 saturated carbocycles. The number of carbonyl (C=O) groups is 2. The summed E-state index contributed by atoms with van der Waals surface area (Å²) in [4.78, 5) is 24.6. The molecule has 2 heterocycles. The van der Waals surface area contributed by atoms with Crippen molar-refractivity contribution in [1.29, 1.82) is 0 Å². The number of hydrogen-bond donors (Lipinski definition) is 1. The third-order valence-corrected chi connectivity index (χ3v) is 4.43. The largest absolute Gasteiger partial charge is 0.465 e. The number of furan rings is 1. The molecule has 0 unspecified atom stereocenters. The predicted molar refractivity (Wildman–Crippen MR) is 102 cm³/mol. The lowest BCUT2D eigenvalue weighted by atomic mass is 10.0. The lowest BCUT2D eigenvalue weighted by molar-refractivity contribution is -0.111. The molecule has 2 aromatic heterocycles. The molecule has 5 nitrogen and oxygen atoms in total. The number of rotatable bonds is 6. The van der Waals surface area contributed by atoms with Crippen molar-refractivity contribution in [2.24, 2.45) is 0 Å². The van der Waals surface area contributed by atoms with Crippen molar-refractivity contribution >= 4 is 34.3 Å². The van der Waals surface area contributed by atoms with Crippen LogP contribution in [0.1, 0.15) is 23.0 Å². The van der Waals surface area contributed by atoms with E-state index in [2.05, 4.69) is 5.32 Å². The van der Waals surface area contributed by atoms with E-state index in [1.165, 1.54) is 23.7 Å². The molecule has 0 bridgehead atoms. The second-order valence-electron chi connectivity index (χ2n) is 5.28. The monoisotopic (exact) mass is 367 g/mol. The van der Waals surface area contributed by atoms with Crippen LogP contribution in [0.5, 0.6) is 0 Å². The van der Waals surface area contributed by atoms with Crippen molar-refractivity contribution in [2.45, 2.75) is 6.92 Å². The van der Waals surface area contributed by atoms with Crippen molar-refractivity contribution in [2.75, 3.05) is 11.9 Å². The third-order valence-electron chi connectivity index (χ3n) is 3.53. The van der Waals surface area contributed by atoms with Gasteiger partial charge in [0, 0.05) is 17.0 Å². The number of esters is 1. The van der Waals surface area contributed by atoms with Gasteiger partial charge in [0.05, 0.1) is 12.9 Å². The number of anilines is 1. The highest BCUT2D eigenvalue weighted by atomic mass is 32.1. The van der Waals surface area contributed by atoms with E-state index in [-0.39, 0.29) is 12.5 Å². The molecule has 1 N–H and O–H groups in total. The number of hydrogen-bond acceptors (Lipinski definition) is 5. The summed E-state index contributed by atoms with van der Waals surface area (Å²) >= 11 is 1.29. The molecular weight excluding hydrogens is 350 g/mol. The third kappa shape index (κ3) is 4.10. The van der Waals surface area contributed by atoms with Gasteiger partial charge in [0.15, 0.2) is 0 Å². The summed E-state index contributed by atoms with van der Waals surface area (Å²) in [6.45, 7) is 2.01. The predicted octanol–water partition coefficient (Wildman–Crippen LogP) is 4.84. The van der Waals surface area contributed by atoms with Gasteiger partial charge in [-0.15, -0.1) is 11.3 Å². The molecule has 0 aliphatic carbocycles. The second-order valence-corrected chi connectivity index (χ2v) is 6.16. The molecule has 0 fully saturated rings. The maximum absolute atomic E-state index is 12.4. The molecule has 0 atom stereocenters. The summed E-state index contributed by atoms with van der Waals surface area (Å²) in [5.74, 6) is -0.242. The average molecular weight is 367 g/mol. The normalized spacial score (nSPS) is 10.8. The van der Waals surface area contributed by atoms with E-state index in [1.807, 2.05) is 35.7 Å². The zero-order valence-corrected chi connectivity index (χ0v) is 14.9. The van der Waals surface area contributed by atoms with Gasteiger partial charge in [-0.05, 0) is 30.7 Å². The Morgan fingerprint density at radius 2 is 2.00 bits per heavy atom. The Morgan fingerprint density at radius 1 is 1.19 bits per heavy atom. The van der Waals surface area contributed by atoms with Gasteiger partial charge in [-0.25, -0.2) is 4.79 Å². The molecule has 26 heavy (non-hydrogen) atoms. The summed E-state index contributed by atoms with van der Waals surface area (Å²) in [5.41, 5.74) is 1.99. The fraction of sp³-hybridized carbons (Fsp3) is 0.100. The van der Waals surface area contributed by atoms with Crippen LogP contribution in [-0.4, -0.2) is 18.5 Å². The number of benzene rings is 1. The standard InChI is InChI=1S/C20H17NO4S/c1-2-24-20(23)18-16(14-7-4-3-5-8-14)13-26-19(18)21-17(22)11-10-15-9-6-12-25-15/h3-13H,2H2,1H3,(H,21,22). The molecule has 3 aromatic rings. The fourth-order valence-electron chi connectivity index (χ4n) is 2.38. The highest BCUT2D eigenvalue weighted by molar-refractivity contribution is 7.15. The van der Waals surface area contributed by atoms with Crippen LogP contribution < -0.4 is 5.32 Å². The molecule has 0 aliphatic rings. The van der Waals surface area contributed by atoms with Crippen LogP contribution in [0.4, 0.5) is 5.00 Å². The zero-order chi connectivity index (χ0) is 18.4. The summed E-state index contributed by atoms with van der Waals surface area (Å²) < 4.78 is 10.3. The Kier molecular flexibility index (Phi) is 5.66. The Labute approximate surface area is 154 Å². The minimum absolute atomic E-state index is 0.259. The highest BCUT2D eigenvalue weighted by Crippen LogP contribution is 2.36. The van der Waals surface area contributed by atoms with Crippen LogP contribution in [0.2, 0.25) is 0 Å². The van der Waals surface area contributed by atoms with Crippen molar-refractivity contribution in [1.82, 2.24) is 0 Å². The van der Waals surface area contributed by atoms with Gasteiger partial charge >= 0.3 is 5.97 Å². The van der Waals surface area contributed by atoms with Crippen LogP contribution in [0, 0.1) is 0 Å². The van der Waals surface area contributed by atoms with Gasteiger partial charge in [0.25, 0.3) is 0 Å². The second kappa shape index (κ2) is 8.31. The van der Waals surface area contributed by atoms with E-state index in [0.29, 0.717) is 16.3 Å². The SMILES string of the molecule is CCOC(=O)c1c(-c2ccccc2)csc1NC(=O)C=Cc1ccco1. The molecule has 0 saturated heterocycles. The van der Waals surface area contributed by atoms with Crippen molar-refractivity contribution in [3.63, 3.8) is 0 Å². The number of carbonyl (C=O) groups excluding carboxylic acids is 2. The minimum atomic E-state index is -0.460. The van der Waals surface area contributed by atoms with Gasteiger partial charge in [0.1, 0.15) is 16.3 Å². The van der Waals surface area contributed by atoms with Crippen LogP contribution in [0.3, 0.4) is 0 Å². The Hall–Kier alpha value is -3.12.